The minimum absolute atomic E-state index is 0.000330. The minimum atomic E-state index is -3.97. The molecule has 0 saturated carbocycles. The number of aromatic carboxylic acids is 1. The molecule has 126 valence electrons. The first-order chi connectivity index (χ1) is 10.8. The molecule has 2 aromatic heterocycles. The normalized spacial score (nSPS) is 11.8. The van der Waals surface area contributed by atoms with Gasteiger partial charge < -0.3 is 14.0 Å². The maximum atomic E-state index is 12.3. The maximum Gasteiger partial charge on any atom is 0.372 e. The predicted octanol–water partition coefficient (Wildman–Crippen LogP) is 1.88. The quantitative estimate of drug-likeness (QED) is 0.787. The van der Waals surface area contributed by atoms with Crippen molar-refractivity contribution in [2.45, 2.75) is 45.2 Å². The summed E-state index contributed by atoms with van der Waals surface area (Å²) in [7, 11) is -3.97. The first-order valence-corrected chi connectivity index (χ1v) is 8.58. The molecule has 2 aromatic rings. The largest absolute Gasteiger partial charge is 0.475 e. The molecule has 0 saturated heterocycles. The number of nitrogens with zero attached hydrogens (tertiary/aromatic N) is 1. The van der Waals surface area contributed by atoms with Gasteiger partial charge in [0.15, 0.2) is 0 Å². The van der Waals surface area contributed by atoms with Crippen molar-refractivity contribution in [3.63, 3.8) is 0 Å². The summed E-state index contributed by atoms with van der Waals surface area (Å²) >= 11 is 0. The van der Waals surface area contributed by atoms with Crippen LogP contribution in [-0.2, 0) is 29.4 Å². The number of hydrogen-bond donors (Lipinski definition) is 2. The Labute approximate surface area is 133 Å². The van der Waals surface area contributed by atoms with Gasteiger partial charge in [0.2, 0.25) is 10.9 Å². The van der Waals surface area contributed by atoms with E-state index in [1.54, 1.807) is 0 Å². The predicted molar refractivity (Wildman–Crippen MR) is 79.7 cm³/mol. The summed E-state index contributed by atoms with van der Waals surface area (Å²) in [6.07, 6.45) is 1.21. The molecule has 0 bridgehead atoms. The standard InChI is InChI=1S/C14H18N2O6S/c1-4-10-9(11(5-2)22-16-10)7-15-23(19,20)12-6-8(3)13(21-12)14(17)18/h6,15H,4-5,7H2,1-3H3,(H,17,18). The first-order valence-electron chi connectivity index (χ1n) is 7.09. The monoisotopic (exact) mass is 342 g/mol. The van der Waals surface area contributed by atoms with Crippen LogP contribution in [0.1, 0.15) is 47.0 Å². The third-order valence-corrected chi connectivity index (χ3v) is 4.66. The molecule has 0 atom stereocenters. The molecule has 23 heavy (non-hydrogen) atoms. The number of aromatic nitrogens is 1. The van der Waals surface area contributed by atoms with E-state index in [1.165, 1.54) is 13.0 Å². The Bertz CT molecular complexity index is 797. The van der Waals surface area contributed by atoms with Crippen LogP contribution in [0, 0.1) is 6.92 Å². The summed E-state index contributed by atoms with van der Waals surface area (Å²) in [6.45, 7) is 5.24. The average molecular weight is 342 g/mol. The average Bonchev–Trinajstić information content (AvgIpc) is 3.08. The number of rotatable bonds is 7. The SMILES string of the molecule is CCc1noc(CC)c1CNS(=O)(=O)c1cc(C)c(C(=O)O)o1. The fourth-order valence-corrected chi connectivity index (χ4v) is 3.18. The summed E-state index contributed by atoms with van der Waals surface area (Å²) in [5, 5.41) is 12.4. The fraction of sp³-hybridized carbons (Fsp3) is 0.429. The van der Waals surface area contributed by atoms with Crippen LogP contribution in [0.5, 0.6) is 0 Å². The van der Waals surface area contributed by atoms with Gasteiger partial charge in [0, 0.05) is 30.2 Å². The Morgan fingerprint density at radius 1 is 1.35 bits per heavy atom. The lowest BCUT2D eigenvalue weighted by atomic mass is 10.1. The van der Waals surface area contributed by atoms with Crippen molar-refractivity contribution in [3.05, 3.63) is 34.4 Å². The van der Waals surface area contributed by atoms with E-state index in [9.17, 15) is 13.2 Å². The Morgan fingerprint density at radius 2 is 2.04 bits per heavy atom. The summed E-state index contributed by atoms with van der Waals surface area (Å²) in [5.41, 5.74) is 1.62. The van der Waals surface area contributed by atoms with Crippen LogP contribution < -0.4 is 4.72 Å². The molecule has 9 heteroatoms. The molecule has 2 heterocycles. The number of nitrogens with one attached hydrogen (secondary N) is 1. The van der Waals surface area contributed by atoms with E-state index in [1.807, 2.05) is 13.8 Å². The van der Waals surface area contributed by atoms with E-state index in [0.29, 0.717) is 29.9 Å². The molecule has 0 aliphatic carbocycles. The summed E-state index contributed by atoms with van der Waals surface area (Å²) in [6, 6.07) is 1.18. The van der Waals surface area contributed by atoms with E-state index < -0.39 is 21.1 Å². The summed E-state index contributed by atoms with van der Waals surface area (Å²) < 4.78 is 37.0. The molecule has 0 aromatic carbocycles. The first kappa shape index (κ1) is 17.2. The van der Waals surface area contributed by atoms with Crippen LogP contribution in [0.3, 0.4) is 0 Å². The van der Waals surface area contributed by atoms with Gasteiger partial charge in [0.05, 0.1) is 5.69 Å². The van der Waals surface area contributed by atoms with Crippen molar-refractivity contribution in [2.24, 2.45) is 0 Å². The lowest BCUT2D eigenvalue weighted by Gasteiger charge is -2.05. The van der Waals surface area contributed by atoms with Gasteiger partial charge in [0.1, 0.15) is 5.76 Å². The van der Waals surface area contributed by atoms with Gasteiger partial charge in [-0.2, -0.15) is 0 Å². The Morgan fingerprint density at radius 3 is 2.57 bits per heavy atom. The number of hydrogen-bond acceptors (Lipinski definition) is 6. The second kappa shape index (κ2) is 6.55. The van der Waals surface area contributed by atoms with Crippen molar-refractivity contribution in [3.8, 4) is 0 Å². The van der Waals surface area contributed by atoms with Crippen LogP contribution in [0.15, 0.2) is 20.1 Å². The lowest BCUT2D eigenvalue weighted by Crippen LogP contribution is -2.23. The number of carboxylic acid groups (broad SMARTS) is 1. The van der Waals surface area contributed by atoms with Crippen LogP contribution >= 0.6 is 0 Å². The third-order valence-electron chi connectivity index (χ3n) is 3.40. The van der Waals surface area contributed by atoms with Crippen LogP contribution in [0.2, 0.25) is 0 Å². The lowest BCUT2D eigenvalue weighted by molar-refractivity contribution is 0.0655. The minimum Gasteiger partial charge on any atom is -0.475 e. The maximum absolute atomic E-state index is 12.3. The molecule has 8 nitrogen and oxygen atoms in total. The smallest absolute Gasteiger partial charge is 0.372 e. The number of furan rings is 1. The number of aryl methyl sites for hydroxylation is 3. The highest BCUT2D eigenvalue weighted by Crippen LogP contribution is 2.21. The molecule has 0 fully saturated rings. The van der Waals surface area contributed by atoms with E-state index >= 15 is 0 Å². The van der Waals surface area contributed by atoms with E-state index in [0.717, 1.165) is 0 Å². The van der Waals surface area contributed by atoms with Crippen molar-refractivity contribution in [2.75, 3.05) is 0 Å². The Balaban J connectivity index is 2.24. The molecule has 2 N–H and O–H groups in total. The van der Waals surface area contributed by atoms with E-state index in [-0.39, 0.29) is 17.9 Å². The van der Waals surface area contributed by atoms with Crippen LogP contribution in [-0.4, -0.2) is 24.7 Å². The van der Waals surface area contributed by atoms with E-state index in [4.69, 9.17) is 14.0 Å². The van der Waals surface area contributed by atoms with Crippen molar-refractivity contribution in [1.82, 2.24) is 9.88 Å². The Hall–Kier alpha value is -2.13. The second-order valence-corrected chi connectivity index (χ2v) is 6.64. The van der Waals surface area contributed by atoms with Gasteiger partial charge in [-0.3, -0.25) is 0 Å². The number of sulfonamides is 1. The highest BCUT2D eigenvalue weighted by molar-refractivity contribution is 7.89. The fourth-order valence-electron chi connectivity index (χ4n) is 2.17. The van der Waals surface area contributed by atoms with Crippen LogP contribution in [0.25, 0.3) is 0 Å². The summed E-state index contributed by atoms with van der Waals surface area (Å²) in [5.74, 6) is -1.09. The van der Waals surface area contributed by atoms with Gasteiger partial charge in [-0.05, 0) is 13.3 Å². The molecule has 0 spiro atoms. The van der Waals surface area contributed by atoms with Gasteiger partial charge in [0.25, 0.3) is 10.0 Å². The zero-order valence-corrected chi connectivity index (χ0v) is 13.9. The molecule has 0 aliphatic heterocycles. The highest BCUT2D eigenvalue weighted by atomic mass is 32.2. The number of carbonyl (C=O) groups is 1. The molecule has 0 radical (unpaired) electrons. The molecular formula is C14H18N2O6S. The topological polar surface area (TPSA) is 123 Å². The highest BCUT2D eigenvalue weighted by Gasteiger charge is 2.25. The van der Waals surface area contributed by atoms with Gasteiger partial charge in [-0.25, -0.2) is 17.9 Å². The zero-order valence-electron chi connectivity index (χ0n) is 13.0. The molecule has 0 aliphatic rings. The van der Waals surface area contributed by atoms with Crippen LogP contribution in [0.4, 0.5) is 0 Å². The van der Waals surface area contributed by atoms with Crippen molar-refractivity contribution in [1.29, 1.82) is 0 Å². The summed E-state index contributed by atoms with van der Waals surface area (Å²) in [4.78, 5) is 10.9. The molecule has 2 rings (SSSR count). The molecule has 0 amide bonds. The Kier molecular flexibility index (Phi) is 4.90. The van der Waals surface area contributed by atoms with Gasteiger partial charge in [-0.1, -0.05) is 19.0 Å². The number of carboxylic acids is 1. The van der Waals surface area contributed by atoms with E-state index in [2.05, 4.69) is 9.88 Å². The van der Waals surface area contributed by atoms with Crippen molar-refractivity contribution >= 4 is 16.0 Å². The third kappa shape index (κ3) is 3.45. The van der Waals surface area contributed by atoms with Crippen molar-refractivity contribution < 1.29 is 27.3 Å². The zero-order chi connectivity index (χ0) is 17.2. The second-order valence-electron chi connectivity index (χ2n) is 4.95. The van der Waals surface area contributed by atoms with Gasteiger partial charge >= 0.3 is 5.97 Å². The molecule has 0 unspecified atom stereocenters. The molecular weight excluding hydrogens is 324 g/mol. The van der Waals surface area contributed by atoms with Gasteiger partial charge in [-0.15, -0.1) is 0 Å².